The number of aromatic nitrogens is 3. The predicted molar refractivity (Wildman–Crippen MR) is 35.9 cm³/mol. The highest BCUT2D eigenvalue weighted by molar-refractivity contribution is 4.94. The molecular formula is C5H8N4O. The number of nitrogen functional groups attached to an aromatic ring is 1. The summed E-state index contributed by atoms with van der Waals surface area (Å²) in [7, 11) is 0. The number of hydrogen-bond acceptors (Lipinski definition) is 4. The highest BCUT2D eigenvalue weighted by Gasteiger charge is 1.99. The summed E-state index contributed by atoms with van der Waals surface area (Å²) in [5.41, 5.74) is 0.0144. The molecule has 1 heterocycles. The molecule has 54 valence electrons. The van der Waals surface area contributed by atoms with Gasteiger partial charge in [0.25, 0.3) is 5.56 Å². The minimum atomic E-state index is -0.299. The van der Waals surface area contributed by atoms with Crippen LogP contribution in [0, 0.1) is 13.8 Å². The molecule has 0 fully saturated rings. The summed E-state index contributed by atoms with van der Waals surface area (Å²) in [6.45, 7) is 3.19. The van der Waals surface area contributed by atoms with Gasteiger partial charge < -0.3 is 5.84 Å². The monoisotopic (exact) mass is 140 g/mol. The summed E-state index contributed by atoms with van der Waals surface area (Å²) in [6, 6.07) is 0. The molecular weight excluding hydrogens is 132 g/mol. The summed E-state index contributed by atoms with van der Waals surface area (Å²) in [4.78, 5) is 10.9. The van der Waals surface area contributed by atoms with Gasteiger partial charge in [-0.15, -0.1) is 10.2 Å². The molecule has 0 saturated carbocycles. The van der Waals surface area contributed by atoms with Gasteiger partial charge in [-0.25, -0.2) is 4.68 Å². The SMILES string of the molecule is Cc1nnc(C)n(N)c1=O. The lowest BCUT2D eigenvalue weighted by Crippen LogP contribution is -2.32. The third kappa shape index (κ3) is 0.854. The molecule has 0 aliphatic heterocycles. The maximum absolute atomic E-state index is 10.9. The maximum atomic E-state index is 10.9. The lowest BCUT2D eigenvalue weighted by atomic mass is 10.5. The predicted octanol–water partition coefficient (Wildman–Crippen LogP) is -1.03. The zero-order valence-corrected chi connectivity index (χ0v) is 5.83. The lowest BCUT2D eigenvalue weighted by Gasteiger charge is -1.99. The van der Waals surface area contributed by atoms with Crippen molar-refractivity contribution in [3.8, 4) is 0 Å². The number of hydrogen-bond donors (Lipinski definition) is 1. The van der Waals surface area contributed by atoms with Crippen molar-refractivity contribution >= 4 is 0 Å². The highest BCUT2D eigenvalue weighted by atomic mass is 16.1. The first-order valence-corrected chi connectivity index (χ1v) is 2.81. The van der Waals surface area contributed by atoms with Crippen LogP contribution in [-0.2, 0) is 0 Å². The largest absolute Gasteiger partial charge is 0.335 e. The maximum Gasteiger partial charge on any atom is 0.293 e. The molecule has 0 aromatic carbocycles. The number of rotatable bonds is 0. The first-order chi connectivity index (χ1) is 4.63. The van der Waals surface area contributed by atoms with E-state index in [1.807, 2.05) is 0 Å². The zero-order chi connectivity index (χ0) is 7.72. The molecule has 10 heavy (non-hydrogen) atoms. The fourth-order valence-corrected chi connectivity index (χ4v) is 0.560. The average Bonchev–Trinajstić information content (AvgIpc) is 1.93. The summed E-state index contributed by atoms with van der Waals surface area (Å²) in [6.07, 6.45) is 0. The van der Waals surface area contributed by atoms with Gasteiger partial charge in [-0.3, -0.25) is 4.79 Å². The third-order valence-electron chi connectivity index (χ3n) is 1.22. The van der Waals surface area contributed by atoms with Gasteiger partial charge in [-0.05, 0) is 13.8 Å². The van der Waals surface area contributed by atoms with Gasteiger partial charge in [0.2, 0.25) is 0 Å². The van der Waals surface area contributed by atoms with Crippen LogP contribution in [0.2, 0.25) is 0 Å². The van der Waals surface area contributed by atoms with Crippen LogP contribution in [0.4, 0.5) is 0 Å². The summed E-state index contributed by atoms with van der Waals surface area (Å²) in [5, 5.41) is 7.20. The smallest absolute Gasteiger partial charge is 0.293 e. The van der Waals surface area contributed by atoms with Crippen molar-refractivity contribution in [3.63, 3.8) is 0 Å². The molecule has 5 heteroatoms. The Morgan fingerprint density at radius 2 is 2.00 bits per heavy atom. The first-order valence-electron chi connectivity index (χ1n) is 2.81. The van der Waals surface area contributed by atoms with Crippen LogP contribution in [-0.4, -0.2) is 14.9 Å². The second kappa shape index (κ2) is 2.09. The molecule has 2 N–H and O–H groups in total. The third-order valence-corrected chi connectivity index (χ3v) is 1.22. The Morgan fingerprint density at radius 1 is 1.40 bits per heavy atom. The summed E-state index contributed by atoms with van der Waals surface area (Å²) >= 11 is 0. The highest BCUT2D eigenvalue weighted by Crippen LogP contribution is 1.80. The Bertz CT molecular complexity index is 303. The van der Waals surface area contributed by atoms with Crippen molar-refractivity contribution in [2.75, 3.05) is 5.84 Å². The van der Waals surface area contributed by atoms with Crippen LogP contribution >= 0.6 is 0 Å². The fourth-order valence-electron chi connectivity index (χ4n) is 0.560. The normalized spacial score (nSPS) is 9.80. The van der Waals surface area contributed by atoms with Crippen molar-refractivity contribution in [1.82, 2.24) is 14.9 Å². The van der Waals surface area contributed by atoms with Gasteiger partial charge in [0.15, 0.2) is 5.82 Å². The molecule has 0 amide bonds. The van der Waals surface area contributed by atoms with Crippen LogP contribution in [0.5, 0.6) is 0 Å². The summed E-state index contributed by atoms with van der Waals surface area (Å²) in [5.74, 6) is 5.70. The second-order valence-electron chi connectivity index (χ2n) is 2.01. The minimum absolute atomic E-state index is 0.299. The standard InChI is InChI=1S/C5H8N4O/c1-3-5(10)9(6)4(2)8-7-3/h6H2,1-2H3. The minimum Gasteiger partial charge on any atom is -0.335 e. The Kier molecular flexibility index (Phi) is 1.41. The quantitative estimate of drug-likeness (QED) is 0.467. The molecule has 0 saturated heterocycles. The molecule has 0 spiro atoms. The van der Waals surface area contributed by atoms with E-state index < -0.39 is 0 Å². The van der Waals surface area contributed by atoms with E-state index >= 15 is 0 Å². The number of nitrogens with two attached hydrogens (primary N) is 1. The van der Waals surface area contributed by atoms with E-state index in [0.717, 1.165) is 4.68 Å². The van der Waals surface area contributed by atoms with E-state index in [-0.39, 0.29) is 5.56 Å². The lowest BCUT2D eigenvalue weighted by molar-refractivity contribution is 0.746. The van der Waals surface area contributed by atoms with Gasteiger partial charge in [-0.2, -0.15) is 0 Å². The van der Waals surface area contributed by atoms with Crippen molar-refractivity contribution < 1.29 is 0 Å². The molecule has 0 aliphatic rings. The van der Waals surface area contributed by atoms with Gasteiger partial charge in [-0.1, -0.05) is 0 Å². The molecule has 0 unspecified atom stereocenters. The van der Waals surface area contributed by atoms with E-state index in [0.29, 0.717) is 11.5 Å². The van der Waals surface area contributed by atoms with Crippen LogP contribution in [0.3, 0.4) is 0 Å². The van der Waals surface area contributed by atoms with Crippen molar-refractivity contribution in [2.24, 2.45) is 0 Å². The van der Waals surface area contributed by atoms with Gasteiger partial charge >= 0.3 is 0 Å². The Morgan fingerprint density at radius 3 is 2.50 bits per heavy atom. The van der Waals surface area contributed by atoms with E-state index in [1.54, 1.807) is 13.8 Å². The van der Waals surface area contributed by atoms with Crippen molar-refractivity contribution in [2.45, 2.75) is 13.8 Å². The van der Waals surface area contributed by atoms with Crippen LogP contribution in [0.1, 0.15) is 11.5 Å². The first kappa shape index (κ1) is 6.73. The molecule has 0 aliphatic carbocycles. The van der Waals surface area contributed by atoms with E-state index in [1.165, 1.54) is 0 Å². The van der Waals surface area contributed by atoms with Gasteiger partial charge in [0, 0.05) is 0 Å². The van der Waals surface area contributed by atoms with Crippen LogP contribution in [0.25, 0.3) is 0 Å². The topological polar surface area (TPSA) is 73.8 Å². The number of nitrogens with zero attached hydrogens (tertiary/aromatic N) is 3. The summed E-state index contributed by atoms with van der Waals surface area (Å²) < 4.78 is 0.975. The van der Waals surface area contributed by atoms with E-state index in [9.17, 15) is 4.79 Å². The molecule has 1 rings (SSSR count). The van der Waals surface area contributed by atoms with Crippen LogP contribution in [0.15, 0.2) is 4.79 Å². The molecule has 0 radical (unpaired) electrons. The fraction of sp³-hybridized carbons (Fsp3) is 0.400. The van der Waals surface area contributed by atoms with Crippen LogP contribution < -0.4 is 11.4 Å². The molecule has 0 bridgehead atoms. The van der Waals surface area contributed by atoms with Crippen molar-refractivity contribution in [1.29, 1.82) is 0 Å². The van der Waals surface area contributed by atoms with Gasteiger partial charge in [0.1, 0.15) is 5.69 Å². The van der Waals surface area contributed by atoms with Crippen molar-refractivity contribution in [3.05, 3.63) is 21.9 Å². The Labute approximate surface area is 57.5 Å². The van der Waals surface area contributed by atoms with E-state index in [2.05, 4.69) is 10.2 Å². The van der Waals surface area contributed by atoms with Gasteiger partial charge in [0.05, 0.1) is 0 Å². The molecule has 1 aromatic rings. The molecule has 0 atom stereocenters. The number of aryl methyl sites for hydroxylation is 2. The average molecular weight is 140 g/mol. The Hall–Kier alpha value is -1.39. The molecule has 1 aromatic heterocycles. The second-order valence-corrected chi connectivity index (χ2v) is 2.01. The zero-order valence-electron chi connectivity index (χ0n) is 5.83. The Balaban J connectivity index is 3.50. The molecule has 5 nitrogen and oxygen atoms in total. The van der Waals surface area contributed by atoms with E-state index in [4.69, 9.17) is 5.84 Å².